The summed E-state index contributed by atoms with van der Waals surface area (Å²) in [5.41, 5.74) is 0. The third kappa shape index (κ3) is 3.18. The van der Waals surface area contributed by atoms with Crippen LogP contribution in [-0.2, 0) is 19.0 Å². The number of hydrogen-bond donors (Lipinski definition) is 1. The molecule has 1 rings (SSSR count). The van der Waals surface area contributed by atoms with Crippen LogP contribution in [0.25, 0.3) is 0 Å². The number of aliphatic hydroxyl groups excluding tert-OH is 1. The van der Waals surface area contributed by atoms with E-state index in [4.69, 9.17) is 9.47 Å². The van der Waals surface area contributed by atoms with E-state index in [9.17, 15) is 9.90 Å². The number of aliphatic hydroxyl groups is 1. The molecule has 0 saturated heterocycles. The molecule has 0 radical (unpaired) electrons. The average molecular weight is 246 g/mol. The first-order chi connectivity index (χ1) is 8.04. The first-order valence-corrected chi connectivity index (χ1v) is 5.85. The highest BCUT2D eigenvalue weighted by Gasteiger charge is 2.45. The lowest BCUT2D eigenvalue weighted by Crippen LogP contribution is -2.33. The van der Waals surface area contributed by atoms with E-state index >= 15 is 0 Å². The standard InChI is InChI=1S/C12H22O5/c1-7-9(13)5-8(6-10(14)15-2)11(7)12(16-3)17-4/h7-9,11-13H,5-6H2,1-4H3/t7-,8+,9+,11+/m0/s1. The molecule has 0 aromatic heterocycles. The van der Waals surface area contributed by atoms with Crippen molar-refractivity contribution in [3.8, 4) is 0 Å². The lowest BCUT2D eigenvalue weighted by atomic mass is 9.87. The van der Waals surface area contributed by atoms with Gasteiger partial charge in [0.25, 0.3) is 0 Å². The maximum absolute atomic E-state index is 11.3. The monoisotopic (exact) mass is 246 g/mol. The van der Waals surface area contributed by atoms with Gasteiger partial charge in [0.05, 0.1) is 13.2 Å². The summed E-state index contributed by atoms with van der Waals surface area (Å²) >= 11 is 0. The molecule has 0 aliphatic heterocycles. The molecular formula is C12H22O5. The van der Waals surface area contributed by atoms with Gasteiger partial charge in [-0.1, -0.05) is 6.92 Å². The summed E-state index contributed by atoms with van der Waals surface area (Å²) < 4.78 is 15.2. The van der Waals surface area contributed by atoms with Gasteiger partial charge in [-0.3, -0.25) is 4.79 Å². The maximum Gasteiger partial charge on any atom is 0.305 e. The van der Waals surface area contributed by atoms with Crippen molar-refractivity contribution in [2.45, 2.75) is 32.2 Å². The van der Waals surface area contributed by atoms with Crippen LogP contribution in [0.1, 0.15) is 19.8 Å². The molecule has 0 heterocycles. The van der Waals surface area contributed by atoms with Gasteiger partial charge < -0.3 is 19.3 Å². The van der Waals surface area contributed by atoms with E-state index in [0.29, 0.717) is 12.8 Å². The molecule has 4 atom stereocenters. The van der Waals surface area contributed by atoms with E-state index in [2.05, 4.69) is 4.74 Å². The Labute approximate surface area is 102 Å². The minimum absolute atomic E-state index is 0.0131. The van der Waals surface area contributed by atoms with Gasteiger partial charge in [-0.25, -0.2) is 0 Å². The van der Waals surface area contributed by atoms with Gasteiger partial charge in [-0.15, -0.1) is 0 Å². The van der Waals surface area contributed by atoms with E-state index in [1.54, 1.807) is 14.2 Å². The SMILES string of the molecule is COC(=O)C[C@H]1C[C@@H](O)[C@H](C)[C@H]1C(OC)OC. The fourth-order valence-corrected chi connectivity index (χ4v) is 2.77. The molecule has 5 heteroatoms. The second kappa shape index (κ2) is 6.33. The summed E-state index contributed by atoms with van der Waals surface area (Å²) in [6, 6.07) is 0. The van der Waals surface area contributed by atoms with Crippen molar-refractivity contribution in [2.24, 2.45) is 17.8 Å². The fraction of sp³-hybridized carbons (Fsp3) is 0.917. The third-order valence-electron chi connectivity index (χ3n) is 3.74. The lowest BCUT2D eigenvalue weighted by molar-refractivity contribution is -0.160. The van der Waals surface area contributed by atoms with Crippen molar-refractivity contribution in [3.63, 3.8) is 0 Å². The fourth-order valence-electron chi connectivity index (χ4n) is 2.77. The molecule has 1 fully saturated rings. The van der Waals surface area contributed by atoms with E-state index in [-0.39, 0.29) is 23.7 Å². The number of ether oxygens (including phenoxy) is 3. The maximum atomic E-state index is 11.3. The lowest BCUT2D eigenvalue weighted by Gasteiger charge is -2.29. The Hall–Kier alpha value is -0.650. The smallest absolute Gasteiger partial charge is 0.305 e. The van der Waals surface area contributed by atoms with Crippen LogP contribution in [-0.4, -0.2) is 44.8 Å². The number of carbonyl (C=O) groups excluding carboxylic acids is 1. The van der Waals surface area contributed by atoms with Crippen molar-refractivity contribution in [3.05, 3.63) is 0 Å². The molecule has 0 aromatic rings. The highest BCUT2D eigenvalue weighted by Crippen LogP contribution is 2.42. The largest absolute Gasteiger partial charge is 0.469 e. The van der Waals surface area contributed by atoms with Gasteiger partial charge >= 0.3 is 5.97 Å². The number of methoxy groups -OCH3 is 3. The quantitative estimate of drug-likeness (QED) is 0.574. The molecule has 0 unspecified atom stereocenters. The van der Waals surface area contributed by atoms with Crippen LogP contribution in [0.5, 0.6) is 0 Å². The zero-order chi connectivity index (χ0) is 13.0. The van der Waals surface area contributed by atoms with Crippen LogP contribution in [0.3, 0.4) is 0 Å². The van der Waals surface area contributed by atoms with Gasteiger partial charge in [0.15, 0.2) is 6.29 Å². The molecule has 100 valence electrons. The summed E-state index contributed by atoms with van der Waals surface area (Å²) in [6.07, 6.45) is 0.0786. The first kappa shape index (κ1) is 14.4. The molecule has 0 bridgehead atoms. The Morgan fingerprint density at radius 3 is 2.41 bits per heavy atom. The van der Waals surface area contributed by atoms with E-state index in [0.717, 1.165) is 0 Å². The van der Waals surface area contributed by atoms with Gasteiger partial charge in [-0.2, -0.15) is 0 Å². The molecule has 1 aliphatic rings. The van der Waals surface area contributed by atoms with E-state index < -0.39 is 12.4 Å². The normalized spacial score (nSPS) is 33.1. The van der Waals surface area contributed by atoms with Gasteiger partial charge in [0, 0.05) is 26.6 Å². The van der Waals surface area contributed by atoms with Gasteiger partial charge in [-0.05, 0) is 18.3 Å². The van der Waals surface area contributed by atoms with E-state index in [1.807, 2.05) is 6.92 Å². The highest BCUT2D eigenvalue weighted by atomic mass is 16.7. The molecule has 0 aromatic carbocycles. The summed E-state index contributed by atoms with van der Waals surface area (Å²) in [7, 11) is 4.51. The summed E-state index contributed by atoms with van der Waals surface area (Å²) in [6.45, 7) is 1.96. The second-order valence-corrected chi connectivity index (χ2v) is 4.62. The third-order valence-corrected chi connectivity index (χ3v) is 3.74. The Balaban J connectivity index is 2.76. The topological polar surface area (TPSA) is 65.0 Å². The van der Waals surface area contributed by atoms with Crippen molar-refractivity contribution >= 4 is 5.97 Å². The van der Waals surface area contributed by atoms with Crippen LogP contribution in [0, 0.1) is 17.8 Å². The van der Waals surface area contributed by atoms with Crippen molar-refractivity contribution in [2.75, 3.05) is 21.3 Å². The van der Waals surface area contributed by atoms with Crippen molar-refractivity contribution in [1.29, 1.82) is 0 Å². The van der Waals surface area contributed by atoms with Crippen LogP contribution < -0.4 is 0 Å². The molecule has 1 aliphatic carbocycles. The summed E-state index contributed by atoms with van der Waals surface area (Å²) in [5.74, 6) is -0.154. The van der Waals surface area contributed by atoms with Crippen LogP contribution in [0.4, 0.5) is 0 Å². The van der Waals surface area contributed by atoms with Crippen molar-refractivity contribution < 1.29 is 24.1 Å². The Bertz CT molecular complexity index is 251. The highest BCUT2D eigenvalue weighted by molar-refractivity contribution is 5.69. The van der Waals surface area contributed by atoms with Crippen LogP contribution >= 0.6 is 0 Å². The van der Waals surface area contributed by atoms with Crippen molar-refractivity contribution in [1.82, 2.24) is 0 Å². The number of esters is 1. The average Bonchev–Trinajstić information content (AvgIpc) is 2.58. The van der Waals surface area contributed by atoms with Gasteiger partial charge in [0.1, 0.15) is 0 Å². The zero-order valence-electron chi connectivity index (χ0n) is 10.9. The van der Waals surface area contributed by atoms with Gasteiger partial charge in [0.2, 0.25) is 0 Å². The minimum Gasteiger partial charge on any atom is -0.469 e. The predicted molar refractivity (Wildman–Crippen MR) is 61.2 cm³/mol. The predicted octanol–water partition coefficient (Wildman–Crippen LogP) is 0.801. The summed E-state index contributed by atoms with van der Waals surface area (Å²) in [4.78, 5) is 11.3. The number of rotatable bonds is 5. The molecule has 0 amide bonds. The Morgan fingerprint density at radius 1 is 1.35 bits per heavy atom. The first-order valence-electron chi connectivity index (χ1n) is 5.85. The van der Waals surface area contributed by atoms with E-state index in [1.165, 1.54) is 7.11 Å². The Morgan fingerprint density at radius 2 is 1.94 bits per heavy atom. The minimum atomic E-state index is -0.414. The number of carbonyl (C=O) groups is 1. The Kier molecular flexibility index (Phi) is 5.36. The second-order valence-electron chi connectivity index (χ2n) is 4.62. The molecule has 1 N–H and O–H groups in total. The zero-order valence-corrected chi connectivity index (χ0v) is 10.9. The molecule has 17 heavy (non-hydrogen) atoms. The summed E-state index contributed by atoms with van der Waals surface area (Å²) in [5, 5.41) is 9.90. The molecular weight excluding hydrogens is 224 g/mol. The van der Waals surface area contributed by atoms with Crippen LogP contribution in [0.15, 0.2) is 0 Å². The molecule has 5 nitrogen and oxygen atoms in total. The molecule has 0 spiro atoms. The molecule has 1 saturated carbocycles. The van der Waals surface area contributed by atoms with Crippen LogP contribution in [0.2, 0.25) is 0 Å². The number of hydrogen-bond acceptors (Lipinski definition) is 5.